The molecule has 0 fully saturated rings. The fourth-order valence-electron chi connectivity index (χ4n) is 3.25. The van der Waals surface area contributed by atoms with E-state index < -0.39 is 0 Å². The van der Waals surface area contributed by atoms with E-state index in [4.69, 9.17) is 9.47 Å². The Balaban J connectivity index is 1.70. The van der Waals surface area contributed by atoms with Gasteiger partial charge in [-0.15, -0.1) is 0 Å². The van der Waals surface area contributed by atoms with Crippen molar-refractivity contribution >= 4 is 12.2 Å². The largest absolute Gasteiger partial charge is 0.493 e. The summed E-state index contributed by atoms with van der Waals surface area (Å²) in [6.07, 6.45) is 4.31. The molecule has 2 aromatic carbocycles. The first-order chi connectivity index (χ1) is 11.8. The Kier molecular flexibility index (Phi) is 3.62. The van der Waals surface area contributed by atoms with Gasteiger partial charge < -0.3 is 14.0 Å². The molecule has 2 heterocycles. The molecule has 120 valence electrons. The van der Waals surface area contributed by atoms with Gasteiger partial charge in [-0.1, -0.05) is 36.4 Å². The van der Waals surface area contributed by atoms with Crippen LogP contribution in [0.2, 0.25) is 0 Å². The van der Waals surface area contributed by atoms with Crippen molar-refractivity contribution in [3.63, 3.8) is 0 Å². The standard InChI is InChI=1S/C21H19NO2/c1-23-20-12-16-14-22-17(9-8-15-6-4-3-5-7-15)10-11-19(22)18(16)13-21(20)24-2/h3-13H,14H2,1-2H3/b9-8+. The minimum absolute atomic E-state index is 0.771. The summed E-state index contributed by atoms with van der Waals surface area (Å²) < 4.78 is 13.2. The first-order valence-electron chi connectivity index (χ1n) is 7.98. The van der Waals surface area contributed by atoms with Gasteiger partial charge in [-0.3, -0.25) is 0 Å². The minimum atomic E-state index is 0.771. The van der Waals surface area contributed by atoms with E-state index in [1.54, 1.807) is 14.2 Å². The normalized spacial score (nSPS) is 12.2. The van der Waals surface area contributed by atoms with Crippen LogP contribution >= 0.6 is 0 Å². The van der Waals surface area contributed by atoms with E-state index in [2.05, 4.69) is 65.3 Å². The molecule has 1 aliphatic heterocycles. The van der Waals surface area contributed by atoms with E-state index in [9.17, 15) is 0 Å². The summed E-state index contributed by atoms with van der Waals surface area (Å²) in [4.78, 5) is 0. The molecular formula is C21H19NO2. The average Bonchev–Trinajstić information content (AvgIpc) is 3.18. The summed E-state index contributed by atoms with van der Waals surface area (Å²) >= 11 is 0. The Morgan fingerprint density at radius 1 is 0.875 bits per heavy atom. The summed E-state index contributed by atoms with van der Waals surface area (Å²) in [5.41, 5.74) is 6.10. The topological polar surface area (TPSA) is 23.4 Å². The summed E-state index contributed by atoms with van der Waals surface area (Å²) in [5, 5.41) is 0. The van der Waals surface area contributed by atoms with Gasteiger partial charge in [0.05, 0.1) is 14.2 Å². The highest BCUT2D eigenvalue weighted by atomic mass is 16.5. The number of hydrogen-bond donors (Lipinski definition) is 0. The van der Waals surface area contributed by atoms with Gasteiger partial charge >= 0.3 is 0 Å². The highest BCUT2D eigenvalue weighted by Crippen LogP contribution is 2.41. The maximum atomic E-state index is 5.44. The lowest BCUT2D eigenvalue weighted by atomic mass is 10.1. The van der Waals surface area contributed by atoms with Crippen molar-refractivity contribution in [3.05, 3.63) is 71.4 Å². The Morgan fingerprint density at radius 2 is 1.62 bits per heavy atom. The van der Waals surface area contributed by atoms with Crippen LogP contribution in [0.1, 0.15) is 16.8 Å². The van der Waals surface area contributed by atoms with Crippen molar-refractivity contribution in [2.75, 3.05) is 14.2 Å². The third-order valence-electron chi connectivity index (χ3n) is 4.47. The van der Waals surface area contributed by atoms with Crippen LogP contribution in [0.25, 0.3) is 23.4 Å². The lowest BCUT2D eigenvalue weighted by Crippen LogP contribution is -1.96. The maximum absolute atomic E-state index is 5.44. The zero-order valence-corrected chi connectivity index (χ0v) is 13.8. The van der Waals surface area contributed by atoms with Crippen LogP contribution in [-0.4, -0.2) is 18.8 Å². The van der Waals surface area contributed by atoms with E-state index >= 15 is 0 Å². The van der Waals surface area contributed by atoms with Crippen molar-refractivity contribution < 1.29 is 9.47 Å². The van der Waals surface area contributed by atoms with Gasteiger partial charge in [0, 0.05) is 23.5 Å². The van der Waals surface area contributed by atoms with Gasteiger partial charge in [-0.25, -0.2) is 0 Å². The van der Waals surface area contributed by atoms with E-state index in [1.807, 2.05) is 6.07 Å². The van der Waals surface area contributed by atoms with Crippen molar-refractivity contribution in [1.29, 1.82) is 0 Å². The van der Waals surface area contributed by atoms with E-state index in [0.29, 0.717) is 0 Å². The number of rotatable bonds is 4. The van der Waals surface area contributed by atoms with Crippen molar-refractivity contribution in [1.82, 2.24) is 4.57 Å². The van der Waals surface area contributed by atoms with Crippen molar-refractivity contribution in [2.45, 2.75) is 6.54 Å². The number of benzene rings is 2. The molecule has 24 heavy (non-hydrogen) atoms. The third-order valence-corrected chi connectivity index (χ3v) is 4.47. The molecule has 1 aromatic heterocycles. The first kappa shape index (κ1) is 14.6. The van der Waals surface area contributed by atoms with Gasteiger partial charge in [0.15, 0.2) is 11.5 Å². The van der Waals surface area contributed by atoms with Gasteiger partial charge in [-0.2, -0.15) is 0 Å². The molecule has 0 aliphatic carbocycles. The molecule has 0 unspecified atom stereocenters. The molecular weight excluding hydrogens is 298 g/mol. The Hall–Kier alpha value is -2.94. The van der Waals surface area contributed by atoms with Crippen molar-refractivity contribution in [3.8, 4) is 22.8 Å². The minimum Gasteiger partial charge on any atom is -0.493 e. The predicted molar refractivity (Wildman–Crippen MR) is 97.4 cm³/mol. The van der Waals surface area contributed by atoms with Gasteiger partial charge in [0.2, 0.25) is 0 Å². The SMILES string of the molecule is COc1cc2c(cc1OC)-c1ccc(/C=C/c3ccccc3)n1C2. The lowest BCUT2D eigenvalue weighted by Gasteiger charge is -2.09. The molecule has 0 saturated heterocycles. The monoisotopic (exact) mass is 317 g/mol. The molecule has 0 bridgehead atoms. The van der Waals surface area contributed by atoms with E-state index in [0.717, 1.165) is 18.0 Å². The smallest absolute Gasteiger partial charge is 0.161 e. The average molecular weight is 317 g/mol. The third kappa shape index (κ3) is 2.38. The number of ether oxygens (including phenoxy) is 2. The highest BCUT2D eigenvalue weighted by molar-refractivity contribution is 5.77. The maximum Gasteiger partial charge on any atom is 0.161 e. The van der Waals surface area contributed by atoms with Crippen LogP contribution in [0.3, 0.4) is 0 Å². The molecule has 0 N–H and O–H groups in total. The number of fused-ring (bicyclic) bond motifs is 3. The first-order valence-corrected chi connectivity index (χ1v) is 7.98. The van der Waals surface area contributed by atoms with E-state index in [1.165, 1.54) is 28.1 Å². The Morgan fingerprint density at radius 3 is 2.38 bits per heavy atom. The number of aromatic nitrogens is 1. The van der Waals surface area contributed by atoms with Crippen molar-refractivity contribution in [2.24, 2.45) is 0 Å². The molecule has 3 aromatic rings. The molecule has 1 aliphatic rings. The van der Waals surface area contributed by atoms with E-state index in [-0.39, 0.29) is 0 Å². The summed E-state index contributed by atoms with van der Waals surface area (Å²) in [5.74, 6) is 1.55. The second kappa shape index (κ2) is 5.93. The molecule has 3 nitrogen and oxygen atoms in total. The molecule has 4 rings (SSSR count). The predicted octanol–water partition coefficient (Wildman–Crippen LogP) is 4.70. The van der Waals surface area contributed by atoms with Crippen LogP contribution in [-0.2, 0) is 6.54 Å². The zero-order chi connectivity index (χ0) is 16.5. The fourth-order valence-corrected chi connectivity index (χ4v) is 3.25. The fraction of sp³-hybridized carbons (Fsp3) is 0.143. The van der Waals surface area contributed by atoms with Crippen LogP contribution in [0.4, 0.5) is 0 Å². The molecule has 0 spiro atoms. The molecule has 3 heteroatoms. The number of nitrogens with zero attached hydrogens (tertiary/aromatic N) is 1. The van der Waals surface area contributed by atoms with Gasteiger partial charge in [0.1, 0.15) is 0 Å². The summed E-state index contributed by atoms with van der Waals surface area (Å²) in [7, 11) is 3.35. The van der Waals surface area contributed by atoms with Gasteiger partial charge in [-0.05, 0) is 41.5 Å². The Labute approximate surface area is 141 Å². The quantitative estimate of drug-likeness (QED) is 0.544. The molecule has 0 amide bonds. The highest BCUT2D eigenvalue weighted by Gasteiger charge is 2.22. The van der Waals surface area contributed by atoms with Crippen LogP contribution < -0.4 is 9.47 Å². The molecule has 0 radical (unpaired) electrons. The summed E-state index contributed by atoms with van der Waals surface area (Å²) in [6.45, 7) is 0.854. The summed E-state index contributed by atoms with van der Waals surface area (Å²) in [6, 6.07) is 18.8. The lowest BCUT2D eigenvalue weighted by molar-refractivity contribution is 0.355. The molecule has 0 saturated carbocycles. The Bertz CT molecular complexity index is 907. The second-order valence-corrected chi connectivity index (χ2v) is 5.84. The van der Waals surface area contributed by atoms with Gasteiger partial charge in [0.25, 0.3) is 0 Å². The van der Waals surface area contributed by atoms with Crippen LogP contribution in [0.15, 0.2) is 54.6 Å². The zero-order valence-electron chi connectivity index (χ0n) is 13.8. The molecule has 0 atom stereocenters. The van der Waals surface area contributed by atoms with Crippen LogP contribution in [0, 0.1) is 0 Å². The number of hydrogen-bond acceptors (Lipinski definition) is 2. The van der Waals surface area contributed by atoms with Crippen LogP contribution in [0.5, 0.6) is 11.5 Å². The number of methoxy groups -OCH3 is 2. The second-order valence-electron chi connectivity index (χ2n) is 5.84.